The van der Waals surface area contributed by atoms with Crippen molar-refractivity contribution in [2.45, 2.75) is 57.8 Å². The Morgan fingerprint density at radius 3 is 2.42 bits per heavy atom. The Balaban J connectivity index is 2.39. The van der Waals surface area contributed by atoms with Gasteiger partial charge in [0.2, 0.25) is 0 Å². The molecule has 1 aliphatic carbocycles. The Labute approximate surface area is 114 Å². The van der Waals surface area contributed by atoms with Gasteiger partial charge in [0.25, 0.3) is 0 Å². The van der Waals surface area contributed by atoms with E-state index < -0.39 is 5.41 Å². The second kappa shape index (κ2) is 4.62. The number of hydrogen-bond donors (Lipinski definition) is 0. The zero-order valence-electron chi connectivity index (χ0n) is 12.5. The van der Waals surface area contributed by atoms with Crippen molar-refractivity contribution < 1.29 is 9.53 Å². The van der Waals surface area contributed by atoms with Crippen LogP contribution in [0.3, 0.4) is 0 Å². The summed E-state index contributed by atoms with van der Waals surface area (Å²) in [5.74, 6) is 1.37. The van der Waals surface area contributed by atoms with Gasteiger partial charge in [-0.2, -0.15) is 5.10 Å². The topological polar surface area (TPSA) is 57.0 Å². The maximum absolute atomic E-state index is 12.3. The number of carbonyl (C=O) groups is 1. The largest absolute Gasteiger partial charge is 0.465 e. The SMILES string of the molecule is CCOC(=O)C1(c2nc(C(C)(C)C)nn2C)CCC1. The lowest BCUT2D eigenvalue weighted by molar-refractivity contribution is -0.154. The van der Waals surface area contributed by atoms with E-state index in [1.54, 1.807) is 4.68 Å². The van der Waals surface area contributed by atoms with Gasteiger partial charge in [0.05, 0.1) is 6.61 Å². The van der Waals surface area contributed by atoms with Gasteiger partial charge < -0.3 is 4.74 Å². The van der Waals surface area contributed by atoms with Crippen molar-refractivity contribution in [1.82, 2.24) is 14.8 Å². The molecule has 0 aliphatic heterocycles. The molecule has 5 heteroatoms. The molecule has 0 aromatic carbocycles. The summed E-state index contributed by atoms with van der Waals surface area (Å²) in [5, 5.41) is 4.47. The van der Waals surface area contributed by atoms with Gasteiger partial charge in [-0.3, -0.25) is 9.48 Å². The smallest absolute Gasteiger partial charge is 0.319 e. The standard InChI is InChI=1S/C14H23N3O2/c1-6-19-12(18)14(8-7-9-14)11-15-10(13(2,3)4)16-17(11)5/h6-9H2,1-5H3. The van der Waals surface area contributed by atoms with Crippen LogP contribution < -0.4 is 0 Å². The van der Waals surface area contributed by atoms with Crippen LogP contribution in [0.15, 0.2) is 0 Å². The molecule has 0 N–H and O–H groups in total. The maximum Gasteiger partial charge on any atom is 0.319 e. The zero-order chi connectivity index (χ0) is 14.3. The summed E-state index contributed by atoms with van der Waals surface area (Å²) in [7, 11) is 1.86. The van der Waals surface area contributed by atoms with Crippen molar-refractivity contribution in [1.29, 1.82) is 0 Å². The van der Waals surface area contributed by atoms with Gasteiger partial charge in [0.15, 0.2) is 5.82 Å². The number of nitrogens with zero attached hydrogens (tertiary/aromatic N) is 3. The number of rotatable bonds is 3. The first kappa shape index (κ1) is 14.0. The Morgan fingerprint density at radius 1 is 1.42 bits per heavy atom. The number of esters is 1. The molecule has 106 valence electrons. The predicted octanol–water partition coefficient (Wildman–Crippen LogP) is 2.10. The summed E-state index contributed by atoms with van der Waals surface area (Å²) < 4.78 is 6.98. The number of ether oxygens (including phenoxy) is 1. The highest BCUT2D eigenvalue weighted by molar-refractivity contribution is 5.83. The Kier molecular flexibility index (Phi) is 3.41. The average Bonchev–Trinajstić information content (AvgIpc) is 2.60. The normalized spacial score (nSPS) is 17.9. The predicted molar refractivity (Wildman–Crippen MR) is 71.9 cm³/mol. The molecule has 0 amide bonds. The molecule has 0 atom stereocenters. The molecule has 1 aromatic rings. The first-order valence-corrected chi connectivity index (χ1v) is 6.90. The van der Waals surface area contributed by atoms with Crippen LogP contribution >= 0.6 is 0 Å². The summed E-state index contributed by atoms with van der Waals surface area (Å²) in [6.07, 6.45) is 2.65. The van der Waals surface area contributed by atoms with Crippen molar-refractivity contribution >= 4 is 5.97 Å². The molecular formula is C14H23N3O2. The second-order valence-corrected chi connectivity index (χ2v) is 6.29. The van der Waals surface area contributed by atoms with Gasteiger partial charge >= 0.3 is 5.97 Å². The first-order chi connectivity index (χ1) is 8.81. The molecule has 0 spiro atoms. The lowest BCUT2D eigenvalue weighted by Crippen LogP contribution is -2.45. The molecule has 19 heavy (non-hydrogen) atoms. The maximum atomic E-state index is 12.3. The van der Waals surface area contributed by atoms with Crippen LogP contribution in [0.25, 0.3) is 0 Å². The first-order valence-electron chi connectivity index (χ1n) is 6.90. The summed E-state index contributed by atoms with van der Waals surface area (Å²) in [4.78, 5) is 16.9. The fraction of sp³-hybridized carbons (Fsp3) is 0.786. The van der Waals surface area contributed by atoms with Gasteiger partial charge in [-0.1, -0.05) is 27.2 Å². The van der Waals surface area contributed by atoms with E-state index in [0.717, 1.165) is 30.9 Å². The van der Waals surface area contributed by atoms with Crippen LogP contribution in [-0.2, 0) is 27.4 Å². The molecule has 2 rings (SSSR count). The quantitative estimate of drug-likeness (QED) is 0.785. The Hall–Kier alpha value is -1.39. The fourth-order valence-corrected chi connectivity index (χ4v) is 2.44. The highest BCUT2D eigenvalue weighted by atomic mass is 16.5. The molecule has 1 heterocycles. The van der Waals surface area contributed by atoms with Crippen LogP contribution in [0.5, 0.6) is 0 Å². The molecule has 0 unspecified atom stereocenters. The molecule has 1 saturated carbocycles. The third-order valence-corrected chi connectivity index (χ3v) is 3.74. The van der Waals surface area contributed by atoms with Gasteiger partial charge in [-0.15, -0.1) is 0 Å². The molecular weight excluding hydrogens is 242 g/mol. The molecule has 0 bridgehead atoms. The van der Waals surface area contributed by atoms with Gasteiger partial charge in [0, 0.05) is 12.5 Å². The van der Waals surface area contributed by atoms with E-state index in [1.807, 2.05) is 14.0 Å². The number of aromatic nitrogens is 3. The van der Waals surface area contributed by atoms with E-state index in [1.165, 1.54) is 0 Å². The van der Waals surface area contributed by atoms with Crippen LogP contribution in [0.2, 0.25) is 0 Å². The monoisotopic (exact) mass is 265 g/mol. The minimum absolute atomic E-state index is 0.115. The summed E-state index contributed by atoms with van der Waals surface area (Å²) in [6, 6.07) is 0. The lowest BCUT2D eigenvalue weighted by Gasteiger charge is -2.37. The van der Waals surface area contributed by atoms with Crippen LogP contribution in [0.1, 0.15) is 58.6 Å². The number of hydrogen-bond acceptors (Lipinski definition) is 4. The Bertz CT molecular complexity index is 481. The van der Waals surface area contributed by atoms with E-state index in [-0.39, 0.29) is 11.4 Å². The fourth-order valence-electron chi connectivity index (χ4n) is 2.44. The van der Waals surface area contributed by atoms with E-state index in [9.17, 15) is 4.79 Å². The molecule has 5 nitrogen and oxygen atoms in total. The van der Waals surface area contributed by atoms with E-state index in [0.29, 0.717) is 6.61 Å². The molecule has 1 fully saturated rings. The third-order valence-electron chi connectivity index (χ3n) is 3.74. The minimum atomic E-state index is -0.568. The number of aryl methyl sites for hydroxylation is 1. The van der Waals surface area contributed by atoms with E-state index in [2.05, 4.69) is 30.9 Å². The van der Waals surface area contributed by atoms with E-state index in [4.69, 9.17) is 4.74 Å². The lowest BCUT2D eigenvalue weighted by atomic mass is 9.68. The van der Waals surface area contributed by atoms with Crippen molar-refractivity contribution in [3.63, 3.8) is 0 Å². The highest BCUT2D eigenvalue weighted by Gasteiger charge is 2.51. The third kappa shape index (κ3) is 2.26. The minimum Gasteiger partial charge on any atom is -0.465 e. The molecule has 0 radical (unpaired) electrons. The van der Waals surface area contributed by atoms with Crippen molar-refractivity contribution in [3.05, 3.63) is 11.6 Å². The summed E-state index contributed by atoms with van der Waals surface area (Å²) in [6.45, 7) is 8.46. The second-order valence-electron chi connectivity index (χ2n) is 6.29. The highest BCUT2D eigenvalue weighted by Crippen LogP contribution is 2.44. The number of carbonyl (C=O) groups excluding carboxylic acids is 1. The zero-order valence-corrected chi connectivity index (χ0v) is 12.5. The van der Waals surface area contributed by atoms with Crippen LogP contribution in [0, 0.1) is 0 Å². The Morgan fingerprint density at radius 2 is 2.05 bits per heavy atom. The van der Waals surface area contributed by atoms with Crippen LogP contribution in [0.4, 0.5) is 0 Å². The van der Waals surface area contributed by atoms with Crippen LogP contribution in [-0.4, -0.2) is 27.3 Å². The summed E-state index contributed by atoms with van der Waals surface area (Å²) in [5.41, 5.74) is -0.684. The summed E-state index contributed by atoms with van der Waals surface area (Å²) >= 11 is 0. The molecule has 1 aliphatic rings. The molecule has 0 saturated heterocycles. The average molecular weight is 265 g/mol. The van der Waals surface area contributed by atoms with Crippen molar-refractivity contribution in [2.75, 3.05) is 6.61 Å². The van der Waals surface area contributed by atoms with Crippen molar-refractivity contribution in [2.24, 2.45) is 7.05 Å². The molecule has 1 aromatic heterocycles. The van der Waals surface area contributed by atoms with Crippen molar-refractivity contribution in [3.8, 4) is 0 Å². The van der Waals surface area contributed by atoms with Gasteiger partial charge in [-0.25, -0.2) is 4.98 Å². The van der Waals surface area contributed by atoms with Gasteiger partial charge in [-0.05, 0) is 19.8 Å². The van der Waals surface area contributed by atoms with Gasteiger partial charge in [0.1, 0.15) is 11.2 Å². The van der Waals surface area contributed by atoms with E-state index >= 15 is 0 Å².